The smallest absolute Gasteiger partial charge is 0.00161 e. The maximum atomic E-state index is 5.65. The van der Waals surface area contributed by atoms with E-state index in [9.17, 15) is 0 Å². The van der Waals surface area contributed by atoms with Crippen molar-refractivity contribution in [2.45, 2.75) is 58.8 Å². The Bertz CT molecular complexity index is 182. The Hall–Kier alpha value is -0.0800. The number of nitrogens with zero attached hydrogens (tertiary/aromatic N) is 1. The molecule has 1 rings (SSSR count). The maximum absolute atomic E-state index is 5.65. The van der Waals surface area contributed by atoms with Crippen LogP contribution in [-0.2, 0) is 0 Å². The van der Waals surface area contributed by atoms with Crippen LogP contribution in [0, 0.1) is 11.8 Å². The second-order valence-corrected chi connectivity index (χ2v) is 5.91. The average Bonchev–Trinajstić information content (AvgIpc) is 2.55. The molecule has 102 valence electrons. The number of likely N-dealkylation sites (tertiary alicyclic amines) is 1. The van der Waals surface area contributed by atoms with E-state index in [0.717, 1.165) is 12.5 Å². The molecule has 0 bridgehead atoms. The number of nitrogens with two attached hydrogens (primary N) is 1. The van der Waals surface area contributed by atoms with Gasteiger partial charge in [-0.3, -0.25) is 0 Å². The maximum Gasteiger partial charge on any atom is -0.00161 e. The predicted octanol–water partition coefficient (Wildman–Crippen LogP) is 3.26. The van der Waals surface area contributed by atoms with E-state index in [2.05, 4.69) is 18.7 Å². The summed E-state index contributed by atoms with van der Waals surface area (Å²) in [4.78, 5) is 2.68. The van der Waals surface area contributed by atoms with Gasteiger partial charge in [0.25, 0.3) is 0 Å². The van der Waals surface area contributed by atoms with E-state index in [0.29, 0.717) is 5.92 Å². The predicted molar refractivity (Wildman–Crippen MR) is 76.1 cm³/mol. The minimum Gasteiger partial charge on any atom is -0.330 e. The summed E-state index contributed by atoms with van der Waals surface area (Å²) in [7, 11) is 0. The van der Waals surface area contributed by atoms with Gasteiger partial charge in [0, 0.05) is 0 Å². The summed E-state index contributed by atoms with van der Waals surface area (Å²) < 4.78 is 0. The summed E-state index contributed by atoms with van der Waals surface area (Å²) in [5.41, 5.74) is 5.65. The Morgan fingerprint density at radius 2 is 2.12 bits per heavy atom. The number of rotatable bonds is 7. The zero-order valence-corrected chi connectivity index (χ0v) is 12.0. The first kappa shape index (κ1) is 15.0. The van der Waals surface area contributed by atoms with Crippen molar-refractivity contribution in [2.24, 2.45) is 17.6 Å². The molecule has 1 fully saturated rings. The molecule has 0 amide bonds. The van der Waals surface area contributed by atoms with Crippen LogP contribution in [0.3, 0.4) is 0 Å². The van der Waals surface area contributed by atoms with Crippen molar-refractivity contribution in [2.75, 3.05) is 26.2 Å². The van der Waals surface area contributed by atoms with Gasteiger partial charge in [-0.2, -0.15) is 0 Å². The lowest BCUT2D eigenvalue weighted by Gasteiger charge is -2.20. The van der Waals surface area contributed by atoms with E-state index in [1.165, 1.54) is 64.6 Å². The molecule has 1 aliphatic heterocycles. The van der Waals surface area contributed by atoms with Gasteiger partial charge in [-0.15, -0.1) is 0 Å². The summed E-state index contributed by atoms with van der Waals surface area (Å²) >= 11 is 0. The molecule has 2 N–H and O–H groups in total. The van der Waals surface area contributed by atoms with Crippen LogP contribution < -0.4 is 5.73 Å². The summed E-state index contributed by atoms with van der Waals surface area (Å²) in [6.45, 7) is 9.39. The highest BCUT2D eigenvalue weighted by molar-refractivity contribution is 4.70. The Kier molecular flexibility index (Phi) is 7.87. The molecule has 0 aromatic rings. The first-order valence-corrected chi connectivity index (χ1v) is 7.68. The van der Waals surface area contributed by atoms with Crippen LogP contribution >= 0.6 is 0 Å². The molecule has 0 spiro atoms. The fraction of sp³-hybridized carbons (Fsp3) is 1.00. The van der Waals surface area contributed by atoms with E-state index < -0.39 is 0 Å². The monoisotopic (exact) mass is 240 g/mol. The lowest BCUT2D eigenvalue weighted by molar-refractivity contribution is 0.267. The topological polar surface area (TPSA) is 29.3 Å². The second kappa shape index (κ2) is 8.93. The summed E-state index contributed by atoms with van der Waals surface area (Å²) in [5, 5.41) is 0. The lowest BCUT2D eigenvalue weighted by Crippen LogP contribution is -2.26. The van der Waals surface area contributed by atoms with Gasteiger partial charge in [0.05, 0.1) is 0 Å². The molecule has 1 saturated heterocycles. The largest absolute Gasteiger partial charge is 0.330 e. The normalized spacial score (nSPS) is 24.5. The Morgan fingerprint density at radius 3 is 2.82 bits per heavy atom. The molecule has 1 aliphatic rings. The fourth-order valence-electron chi connectivity index (χ4n) is 2.93. The van der Waals surface area contributed by atoms with Gasteiger partial charge < -0.3 is 10.6 Å². The van der Waals surface area contributed by atoms with E-state index >= 15 is 0 Å². The highest BCUT2D eigenvalue weighted by Crippen LogP contribution is 2.22. The Labute approximate surface area is 108 Å². The second-order valence-electron chi connectivity index (χ2n) is 5.91. The molecule has 0 saturated carbocycles. The van der Waals surface area contributed by atoms with Crippen LogP contribution in [0.1, 0.15) is 58.8 Å². The van der Waals surface area contributed by atoms with Gasteiger partial charge in [-0.25, -0.2) is 0 Å². The molecular weight excluding hydrogens is 208 g/mol. The van der Waals surface area contributed by atoms with Crippen LogP contribution in [0.2, 0.25) is 0 Å². The summed E-state index contributed by atoms with van der Waals surface area (Å²) in [5.74, 6) is 1.71. The van der Waals surface area contributed by atoms with Gasteiger partial charge in [-0.05, 0) is 70.1 Å². The first-order valence-electron chi connectivity index (χ1n) is 7.68. The van der Waals surface area contributed by atoms with Gasteiger partial charge >= 0.3 is 0 Å². The van der Waals surface area contributed by atoms with Gasteiger partial charge in [-0.1, -0.05) is 26.7 Å². The van der Waals surface area contributed by atoms with Gasteiger partial charge in [0.15, 0.2) is 0 Å². The minimum absolute atomic E-state index is 0.704. The molecule has 0 radical (unpaired) electrons. The van der Waals surface area contributed by atoms with Crippen molar-refractivity contribution in [1.29, 1.82) is 0 Å². The van der Waals surface area contributed by atoms with Crippen LogP contribution in [0.5, 0.6) is 0 Å². The van der Waals surface area contributed by atoms with Crippen molar-refractivity contribution >= 4 is 0 Å². The summed E-state index contributed by atoms with van der Waals surface area (Å²) in [6, 6.07) is 0. The standard InChI is InChI=1S/C15H32N2/c1-3-6-15-8-5-11-17(12-9-15)10-4-7-14(2)13-16/h14-15H,3-13,16H2,1-2H3. The zero-order chi connectivity index (χ0) is 12.5. The molecular formula is C15H32N2. The molecule has 2 nitrogen and oxygen atoms in total. The third-order valence-corrected chi connectivity index (χ3v) is 4.21. The Morgan fingerprint density at radius 1 is 1.29 bits per heavy atom. The van der Waals surface area contributed by atoms with E-state index in [4.69, 9.17) is 5.73 Å². The lowest BCUT2D eigenvalue weighted by atomic mass is 9.96. The zero-order valence-electron chi connectivity index (χ0n) is 12.0. The summed E-state index contributed by atoms with van der Waals surface area (Å²) in [6.07, 6.45) is 9.74. The van der Waals surface area contributed by atoms with Crippen molar-refractivity contribution in [3.05, 3.63) is 0 Å². The number of hydrogen-bond donors (Lipinski definition) is 1. The first-order chi connectivity index (χ1) is 8.26. The Balaban J connectivity index is 2.13. The third kappa shape index (κ3) is 6.42. The molecule has 17 heavy (non-hydrogen) atoms. The van der Waals surface area contributed by atoms with Crippen molar-refractivity contribution in [1.82, 2.24) is 4.90 Å². The van der Waals surface area contributed by atoms with Crippen molar-refractivity contribution < 1.29 is 0 Å². The van der Waals surface area contributed by atoms with E-state index in [1.54, 1.807) is 0 Å². The SMILES string of the molecule is CCCC1CCCN(CCCC(C)CN)CC1. The van der Waals surface area contributed by atoms with Crippen molar-refractivity contribution in [3.63, 3.8) is 0 Å². The fourth-order valence-corrected chi connectivity index (χ4v) is 2.93. The van der Waals surface area contributed by atoms with Crippen molar-refractivity contribution in [3.8, 4) is 0 Å². The molecule has 0 aliphatic carbocycles. The van der Waals surface area contributed by atoms with E-state index in [1.807, 2.05) is 0 Å². The van der Waals surface area contributed by atoms with Crippen LogP contribution in [0.25, 0.3) is 0 Å². The molecule has 0 aromatic heterocycles. The highest BCUT2D eigenvalue weighted by Gasteiger charge is 2.15. The molecule has 1 heterocycles. The molecule has 2 heteroatoms. The van der Waals surface area contributed by atoms with Crippen LogP contribution in [0.4, 0.5) is 0 Å². The van der Waals surface area contributed by atoms with Crippen LogP contribution in [0.15, 0.2) is 0 Å². The quantitative estimate of drug-likeness (QED) is 0.740. The third-order valence-electron chi connectivity index (χ3n) is 4.21. The minimum atomic E-state index is 0.704. The molecule has 0 aromatic carbocycles. The highest BCUT2D eigenvalue weighted by atomic mass is 15.1. The van der Waals surface area contributed by atoms with Gasteiger partial charge in [0.2, 0.25) is 0 Å². The average molecular weight is 240 g/mol. The molecule has 2 unspecified atom stereocenters. The van der Waals surface area contributed by atoms with E-state index in [-0.39, 0.29) is 0 Å². The number of hydrogen-bond acceptors (Lipinski definition) is 2. The van der Waals surface area contributed by atoms with Gasteiger partial charge in [0.1, 0.15) is 0 Å². The molecule has 2 atom stereocenters. The van der Waals surface area contributed by atoms with Crippen LogP contribution in [-0.4, -0.2) is 31.1 Å².